The van der Waals surface area contributed by atoms with Crippen molar-refractivity contribution in [1.82, 2.24) is 4.98 Å². The van der Waals surface area contributed by atoms with Crippen molar-refractivity contribution in [3.8, 4) is 11.3 Å². The molecule has 1 fully saturated rings. The summed E-state index contributed by atoms with van der Waals surface area (Å²) in [5.74, 6) is 1.36. The Morgan fingerprint density at radius 1 is 1.19 bits per heavy atom. The lowest BCUT2D eigenvalue weighted by Gasteiger charge is -2.34. The number of benzene rings is 1. The number of aromatic nitrogens is 1. The van der Waals surface area contributed by atoms with Crippen LogP contribution in [0.1, 0.15) is 29.9 Å². The van der Waals surface area contributed by atoms with Gasteiger partial charge in [-0.25, -0.2) is 4.98 Å². The summed E-state index contributed by atoms with van der Waals surface area (Å²) >= 11 is 1.51. The largest absolute Gasteiger partial charge is 0.348 e. The van der Waals surface area contributed by atoms with E-state index in [2.05, 4.69) is 18.7 Å². The number of thiazole rings is 1. The second kappa shape index (κ2) is 5.98. The van der Waals surface area contributed by atoms with Crippen LogP contribution < -0.4 is 4.90 Å². The monoisotopic (exact) mass is 300 g/mol. The van der Waals surface area contributed by atoms with Gasteiger partial charge in [0.25, 0.3) is 0 Å². The van der Waals surface area contributed by atoms with Crippen LogP contribution in [-0.4, -0.2) is 24.4 Å². The Balaban J connectivity index is 1.94. The maximum Gasteiger partial charge on any atom is 0.186 e. The Kier molecular flexibility index (Phi) is 4.06. The topological polar surface area (TPSA) is 33.2 Å². The molecule has 1 aromatic carbocycles. The molecule has 3 nitrogen and oxygen atoms in total. The molecule has 2 unspecified atom stereocenters. The maximum atomic E-state index is 11.4. The van der Waals surface area contributed by atoms with E-state index in [1.165, 1.54) is 17.8 Å². The van der Waals surface area contributed by atoms with Crippen molar-refractivity contribution in [3.05, 3.63) is 35.2 Å². The lowest BCUT2D eigenvalue weighted by atomic mass is 9.92. The summed E-state index contributed by atoms with van der Waals surface area (Å²) in [5.41, 5.74) is 1.83. The van der Waals surface area contributed by atoms with Crippen LogP contribution in [0, 0.1) is 11.8 Å². The van der Waals surface area contributed by atoms with E-state index in [0.717, 1.165) is 40.6 Å². The number of aldehydes is 1. The van der Waals surface area contributed by atoms with Gasteiger partial charge >= 0.3 is 0 Å². The van der Waals surface area contributed by atoms with E-state index in [1.807, 2.05) is 30.3 Å². The molecule has 1 aliphatic rings. The van der Waals surface area contributed by atoms with Crippen molar-refractivity contribution in [2.45, 2.75) is 20.3 Å². The molecule has 21 heavy (non-hydrogen) atoms. The molecule has 0 aliphatic carbocycles. The fourth-order valence-corrected chi connectivity index (χ4v) is 4.08. The standard InChI is InChI=1S/C17H20N2OS/c1-12-8-13(2)10-19(9-12)17-18-16(15(11-20)21-17)14-6-4-3-5-7-14/h3-7,11-13H,8-10H2,1-2H3. The molecular weight excluding hydrogens is 280 g/mol. The minimum absolute atomic E-state index is 0.678. The molecule has 4 heteroatoms. The van der Waals surface area contributed by atoms with Crippen molar-refractivity contribution >= 4 is 22.8 Å². The molecular formula is C17H20N2OS. The van der Waals surface area contributed by atoms with E-state index in [9.17, 15) is 4.79 Å². The van der Waals surface area contributed by atoms with Crippen LogP contribution in [0.5, 0.6) is 0 Å². The molecule has 3 rings (SSSR count). The van der Waals surface area contributed by atoms with Crippen LogP contribution in [0.4, 0.5) is 5.13 Å². The van der Waals surface area contributed by atoms with Crippen molar-refractivity contribution in [3.63, 3.8) is 0 Å². The zero-order chi connectivity index (χ0) is 14.8. The quantitative estimate of drug-likeness (QED) is 0.800. The van der Waals surface area contributed by atoms with Gasteiger partial charge < -0.3 is 4.90 Å². The summed E-state index contributed by atoms with van der Waals surface area (Å²) in [6.45, 7) is 6.64. The lowest BCUT2D eigenvalue weighted by molar-refractivity contribution is 0.112. The average molecular weight is 300 g/mol. The second-order valence-corrected chi connectivity index (χ2v) is 7.05. The Morgan fingerprint density at radius 2 is 1.86 bits per heavy atom. The normalized spacial score (nSPS) is 22.3. The van der Waals surface area contributed by atoms with E-state index in [4.69, 9.17) is 4.98 Å². The van der Waals surface area contributed by atoms with Gasteiger partial charge in [-0.1, -0.05) is 55.5 Å². The van der Waals surface area contributed by atoms with Gasteiger partial charge in [-0.05, 0) is 18.3 Å². The number of piperidine rings is 1. The molecule has 0 saturated carbocycles. The maximum absolute atomic E-state index is 11.4. The van der Waals surface area contributed by atoms with Gasteiger partial charge in [0.2, 0.25) is 0 Å². The highest BCUT2D eigenvalue weighted by Gasteiger charge is 2.25. The van der Waals surface area contributed by atoms with Gasteiger partial charge in [-0.15, -0.1) is 0 Å². The third-order valence-electron chi connectivity index (χ3n) is 3.94. The zero-order valence-electron chi connectivity index (χ0n) is 12.5. The van der Waals surface area contributed by atoms with Gasteiger partial charge in [-0.3, -0.25) is 4.79 Å². The summed E-state index contributed by atoms with van der Waals surface area (Å²) < 4.78 is 0. The smallest absolute Gasteiger partial charge is 0.186 e. The van der Waals surface area contributed by atoms with E-state index >= 15 is 0 Å². The number of hydrogen-bond acceptors (Lipinski definition) is 4. The van der Waals surface area contributed by atoms with Gasteiger partial charge in [0.1, 0.15) is 0 Å². The van der Waals surface area contributed by atoms with E-state index in [-0.39, 0.29) is 0 Å². The molecule has 0 N–H and O–H groups in total. The van der Waals surface area contributed by atoms with Crippen LogP contribution in [0.25, 0.3) is 11.3 Å². The number of rotatable bonds is 3. The minimum Gasteiger partial charge on any atom is -0.348 e. The van der Waals surface area contributed by atoms with Crippen LogP contribution >= 0.6 is 11.3 Å². The molecule has 0 bridgehead atoms. The Bertz CT molecular complexity index is 613. The molecule has 1 aromatic heterocycles. The zero-order valence-corrected chi connectivity index (χ0v) is 13.3. The number of nitrogens with zero attached hydrogens (tertiary/aromatic N) is 2. The number of carbonyl (C=O) groups is 1. The first-order valence-corrected chi connectivity index (χ1v) is 8.25. The fraction of sp³-hybridized carbons (Fsp3) is 0.412. The molecule has 2 heterocycles. The minimum atomic E-state index is 0.678. The number of carbonyl (C=O) groups excluding carboxylic acids is 1. The molecule has 0 amide bonds. The van der Waals surface area contributed by atoms with Crippen LogP contribution in [0.2, 0.25) is 0 Å². The predicted molar refractivity (Wildman–Crippen MR) is 88.1 cm³/mol. The number of anilines is 1. The second-order valence-electron chi connectivity index (χ2n) is 6.04. The summed E-state index contributed by atoms with van der Waals surface area (Å²) in [6, 6.07) is 9.95. The molecule has 2 atom stereocenters. The first-order chi connectivity index (χ1) is 10.2. The first-order valence-electron chi connectivity index (χ1n) is 7.43. The fourth-order valence-electron chi connectivity index (χ4n) is 3.16. The van der Waals surface area contributed by atoms with Crippen LogP contribution in [0.3, 0.4) is 0 Å². The lowest BCUT2D eigenvalue weighted by Crippen LogP contribution is -2.38. The molecule has 0 radical (unpaired) electrons. The Hall–Kier alpha value is -1.68. The molecule has 0 spiro atoms. The molecule has 1 aliphatic heterocycles. The highest BCUT2D eigenvalue weighted by Crippen LogP contribution is 2.34. The number of hydrogen-bond donors (Lipinski definition) is 0. The van der Waals surface area contributed by atoms with Gasteiger partial charge in [-0.2, -0.15) is 0 Å². The molecule has 2 aromatic rings. The summed E-state index contributed by atoms with van der Waals surface area (Å²) in [5, 5.41) is 0.981. The van der Waals surface area contributed by atoms with Crippen LogP contribution in [0.15, 0.2) is 30.3 Å². The van der Waals surface area contributed by atoms with E-state index in [0.29, 0.717) is 11.8 Å². The van der Waals surface area contributed by atoms with Crippen molar-refractivity contribution in [1.29, 1.82) is 0 Å². The summed E-state index contributed by atoms with van der Waals surface area (Å²) in [4.78, 5) is 19.2. The first kappa shape index (κ1) is 14.3. The average Bonchev–Trinajstić information content (AvgIpc) is 2.91. The van der Waals surface area contributed by atoms with Gasteiger partial charge in [0.05, 0.1) is 10.6 Å². The predicted octanol–water partition coefficient (Wildman–Crippen LogP) is 4.10. The van der Waals surface area contributed by atoms with E-state index in [1.54, 1.807) is 0 Å². The molecule has 110 valence electrons. The molecule has 1 saturated heterocycles. The Labute approximate surface area is 129 Å². The third-order valence-corrected chi connectivity index (χ3v) is 4.98. The highest BCUT2D eigenvalue weighted by molar-refractivity contribution is 7.17. The van der Waals surface area contributed by atoms with Crippen LogP contribution in [-0.2, 0) is 0 Å². The summed E-state index contributed by atoms with van der Waals surface area (Å²) in [7, 11) is 0. The highest BCUT2D eigenvalue weighted by atomic mass is 32.1. The van der Waals surface area contributed by atoms with Crippen molar-refractivity contribution < 1.29 is 4.79 Å². The van der Waals surface area contributed by atoms with Crippen molar-refractivity contribution in [2.24, 2.45) is 11.8 Å². The Morgan fingerprint density at radius 3 is 2.48 bits per heavy atom. The van der Waals surface area contributed by atoms with E-state index < -0.39 is 0 Å². The third kappa shape index (κ3) is 3.00. The summed E-state index contributed by atoms with van der Waals surface area (Å²) in [6.07, 6.45) is 2.20. The SMILES string of the molecule is CC1CC(C)CN(c2nc(-c3ccccc3)c(C=O)s2)C1. The van der Waals surface area contributed by atoms with Gasteiger partial charge in [0.15, 0.2) is 11.4 Å². The van der Waals surface area contributed by atoms with Crippen molar-refractivity contribution in [2.75, 3.05) is 18.0 Å². The van der Waals surface area contributed by atoms with Gasteiger partial charge in [0, 0.05) is 18.7 Å².